The Morgan fingerprint density at radius 3 is 2.62 bits per heavy atom. The minimum atomic E-state index is 0.146. The molecule has 0 spiro atoms. The summed E-state index contributed by atoms with van der Waals surface area (Å²) < 4.78 is 0. The van der Waals surface area contributed by atoms with Crippen LogP contribution in [0, 0.1) is 5.92 Å². The van der Waals surface area contributed by atoms with Crippen LogP contribution in [-0.4, -0.2) is 13.0 Å². The molecule has 0 radical (unpaired) electrons. The zero-order chi connectivity index (χ0) is 10.1. The summed E-state index contributed by atoms with van der Waals surface area (Å²) in [5, 5.41) is 2.62. The average molecular weight is 183 g/mol. The highest BCUT2D eigenvalue weighted by atomic mass is 16.1. The van der Waals surface area contributed by atoms with Crippen LogP contribution in [0.3, 0.4) is 0 Å². The number of rotatable bonds is 6. The van der Waals surface area contributed by atoms with E-state index >= 15 is 0 Å². The van der Waals surface area contributed by atoms with E-state index in [1.165, 1.54) is 0 Å². The summed E-state index contributed by atoms with van der Waals surface area (Å²) in [4.78, 5) is 10.8. The molecule has 0 aromatic heterocycles. The van der Waals surface area contributed by atoms with Crippen molar-refractivity contribution in [1.82, 2.24) is 5.32 Å². The van der Waals surface area contributed by atoms with Crippen molar-refractivity contribution in [3.63, 3.8) is 0 Å². The molecule has 0 aliphatic carbocycles. The van der Waals surface area contributed by atoms with Crippen molar-refractivity contribution in [2.45, 2.75) is 39.5 Å². The van der Waals surface area contributed by atoms with Crippen LogP contribution >= 0.6 is 0 Å². The van der Waals surface area contributed by atoms with Gasteiger partial charge < -0.3 is 5.32 Å². The maximum Gasteiger partial charge on any atom is 0.219 e. The van der Waals surface area contributed by atoms with Crippen molar-refractivity contribution in [3.05, 3.63) is 12.2 Å². The largest absolute Gasteiger partial charge is 0.359 e. The smallest absolute Gasteiger partial charge is 0.219 e. The van der Waals surface area contributed by atoms with Crippen molar-refractivity contribution in [2.75, 3.05) is 7.05 Å². The highest BCUT2D eigenvalue weighted by Crippen LogP contribution is 2.02. The van der Waals surface area contributed by atoms with Crippen LogP contribution in [0.4, 0.5) is 0 Å². The van der Waals surface area contributed by atoms with Crippen LogP contribution in [-0.2, 0) is 4.79 Å². The maximum absolute atomic E-state index is 10.8. The van der Waals surface area contributed by atoms with Gasteiger partial charge in [-0.25, -0.2) is 0 Å². The van der Waals surface area contributed by atoms with Gasteiger partial charge in [-0.2, -0.15) is 0 Å². The van der Waals surface area contributed by atoms with Crippen molar-refractivity contribution in [2.24, 2.45) is 5.92 Å². The Labute approximate surface area is 81.4 Å². The Balaban J connectivity index is 3.22. The van der Waals surface area contributed by atoms with Crippen LogP contribution in [0.25, 0.3) is 0 Å². The van der Waals surface area contributed by atoms with E-state index in [2.05, 4.69) is 31.3 Å². The van der Waals surface area contributed by atoms with Gasteiger partial charge in [0.15, 0.2) is 0 Å². The standard InChI is InChI=1S/C11H21NO/c1-10(2)8-6-4-5-7-9-11(13)12-3/h6,8,10H,4-5,7,9H2,1-3H3,(H,12,13)/b8-6+. The van der Waals surface area contributed by atoms with Crippen LogP contribution in [0.2, 0.25) is 0 Å². The van der Waals surface area contributed by atoms with E-state index in [0.29, 0.717) is 12.3 Å². The fourth-order valence-electron chi connectivity index (χ4n) is 1.04. The minimum absolute atomic E-state index is 0.146. The Kier molecular flexibility index (Phi) is 7.36. The van der Waals surface area contributed by atoms with Crippen molar-refractivity contribution < 1.29 is 4.79 Å². The SMILES string of the molecule is CNC(=O)CCCC/C=C/C(C)C. The lowest BCUT2D eigenvalue weighted by atomic mass is 10.1. The molecule has 76 valence electrons. The second-order valence-electron chi connectivity index (χ2n) is 3.59. The number of carbonyl (C=O) groups excluding carboxylic acids is 1. The zero-order valence-corrected chi connectivity index (χ0v) is 8.97. The van der Waals surface area contributed by atoms with Crippen molar-refractivity contribution in [3.8, 4) is 0 Å². The van der Waals surface area contributed by atoms with Gasteiger partial charge >= 0.3 is 0 Å². The van der Waals surface area contributed by atoms with Gasteiger partial charge in [0.2, 0.25) is 5.91 Å². The van der Waals surface area contributed by atoms with Crippen LogP contribution in [0.1, 0.15) is 39.5 Å². The molecule has 0 aliphatic rings. The molecule has 0 saturated heterocycles. The quantitative estimate of drug-likeness (QED) is 0.497. The van der Waals surface area contributed by atoms with E-state index < -0.39 is 0 Å². The van der Waals surface area contributed by atoms with Gasteiger partial charge in [0.05, 0.1) is 0 Å². The lowest BCUT2D eigenvalue weighted by Crippen LogP contribution is -2.16. The highest BCUT2D eigenvalue weighted by Gasteiger charge is 1.95. The van der Waals surface area contributed by atoms with E-state index in [-0.39, 0.29) is 5.91 Å². The number of hydrogen-bond donors (Lipinski definition) is 1. The predicted octanol–water partition coefficient (Wildman–Crippen LogP) is 2.51. The summed E-state index contributed by atoms with van der Waals surface area (Å²) in [5.41, 5.74) is 0. The fourth-order valence-corrected chi connectivity index (χ4v) is 1.04. The molecule has 0 rings (SSSR count). The van der Waals surface area contributed by atoms with Gasteiger partial charge in [-0.05, 0) is 25.2 Å². The number of carbonyl (C=O) groups is 1. The van der Waals surface area contributed by atoms with Crippen molar-refractivity contribution in [1.29, 1.82) is 0 Å². The Bertz CT molecular complexity index is 161. The Morgan fingerprint density at radius 2 is 2.08 bits per heavy atom. The summed E-state index contributed by atoms with van der Waals surface area (Å²) in [6, 6.07) is 0. The number of unbranched alkanes of at least 4 members (excludes halogenated alkanes) is 2. The summed E-state index contributed by atoms with van der Waals surface area (Å²) in [6.07, 6.45) is 8.26. The van der Waals surface area contributed by atoms with E-state index in [4.69, 9.17) is 0 Å². The zero-order valence-electron chi connectivity index (χ0n) is 8.97. The summed E-state index contributed by atoms with van der Waals surface area (Å²) >= 11 is 0. The van der Waals surface area contributed by atoms with Gasteiger partial charge in [0.25, 0.3) is 0 Å². The number of amides is 1. The molecular weight excluding hydrogens is 162 g/mol. The lowest BCUT2D eigenvalue weighted by molar-refractivity contribution is -0.120. The molecule has 0 fully saturated rings. The summed E-state index contributed by atoms with van der Waals surface area (Å²) in [7, 11) is 1.68. The van der Waals surface area contributed by atoms with Crippen LogP contribution < -0.4 is 5.32 Å². The first-order chi connectivity index (χ1) is 6.16. The normalized spacial score (nSPS) is 11.1. The third-order valence-electron chi connectivity index (χ3n) is 1.82. The first-order valence-electron chi connectivity index (χ1n) is 5.04. The minimum Gasteiger partial charge on any atom is -0.359 e. The maximum atomic E-state index is 10.8. The molecule has 0 aromatic rings. The molecule has 13 heavy (non-hydrogen) atoms. The predicted molar refractivity (Wildman–Crippen MR) is 56.5 cm³/mol. The highest BCUT2D eigenvalue weighted by molar-refractivity contribution is 5.75. The van der Waals surface area contributed by atoms with Crippen LogP contribution in [0.15, 0.2) is 12.2 Å². The molecule has 1 amide bonds. The molecular formula is C11H21NO. The number of hydrogen-bond acceptors (Lipinski definition) is 1. The van der Waals surface area contributed by atoms with Crippen LogP contribution in [0.5, 0.6) is 0 Å². The fraction of sp³-hybridized carbons (Fsp3) is 0.727. The Morgan fingerprint density at radius 1 is 1.38 bits per heavy atom. The van der Waals surface area contributed by atoms with Gasteiger partial charge in [-0.1, -0.05) is 26.0 Å². The second kappa shape index (κ2) is 7.84. The molecule has 0 aliphatic heterocycles. The first kappa shape index (κ1) is 12.2. The molecule has 2 heteroatoms. The molecule has 0 atom stereocenters. The third kappa shape index (κ3) is 9.12. The van der Waals surface area contributed by atoms with E-state index in [1.807, 2.05) is 0 Å². The summed E-state index contributed by atoms with van der Waals surface area (Å²) in [5.74, 6) is 0.784. The van der Waals surface area contributed by atoms with E-state index in [1.54, 1.807) is 7.05 Å². The number of nitrogens with one attached hydrogen (secondary N) is 1. The topological polar surface area (TPSA) is 29.1 Å². The summed E-state index contributed by atoms with van der Waals surface area (Å²) in [6.45, 7) is 4.34. The molecule has 1 N–H and O–H groups in total. The molecule has 2 nitrogen and oxygen atoms in total. The molecule has 0 heterocycles. The van der Waals surface area contributed by atoms with E-state index in [0.717, 1.165) is 19.3 Å². The lowest BCUT2D eigenvalue weighted by Gasteiger charge is -1.98. The van der Waals surface area contributed by atoms with E-state index in [9.17, 15) is 4.79 Å². The molecule has 0 saturated carbocycles. The number of allylic oxidation sites excluding steroid dienone is 2. The first-order valence-corrected chi connectivity index (χ1v) is 5.04. The second-order valence-corrected chi connectivity index (χ2v) is 3.59. The van der Waals surface area contributed by atoms with Crippen molar-refractivity contribution >= 4 is 5.91 Å². The third-order valence-corrected chi connectivity index (χ3v) is 1.82. The Hall–Kier alpha value is -0.790. The van der Waals surface area contributed by atoms with Gasteiger partial charge in [-0.3, -0.25) is 4.79 Å². The van der Waals surface area contributed by atoms with Gasteiger partial charge in [0, 0.05) is 13.5 Å². The molecule has 0 aromatic carbocycles. The van der Waals surface area contributed by atoms with Gasteiger partial charge in [0.1, 0.15) is 0 Å². The van der Waals surface area contributed by atoms with Gasteiger partial charge in [-0.15, -0.1) is 0 Å². The molecule has 0 bridgehead atoms. The molecule has 0 unspecified atom stereocenters. The average Bonchev–Trinajstić information content (AvgIpc) is 2.10. The monoisotopic (exact) mass is 183 g/mol.